The number of hydrogen-bond acceptors (Lipinski definition) is 4. The molecule has 2 rings (SSSR count). The van der Waals surface area contributed by atoms with Gasteiger partial charge in [-0.05, 0) is 29.8 Å². The summed E-state index contributed by atoms with van der Waals surface area (Å²) in [6.45, 7) is 0. The maximum Gasteiger partial charge on any atom is 0.307 e. The van der Waals surface area contributed by atoms with E-state index in [1.807, 2.05) is 24.3 Å². The van der Waals surface area contributed by atoms with Gasteiger partial charge in [0.2, 0.25) is 0 Å². The second-order valence-corrected chi connectivity index (χ2v) is 5.52. The van der Waals surface area contributed by atoms with E-state index in [1.165, 1.54) is 13.3 Å². The maximum absolute atomic E-state index is 12.3. The van der Waals surface area contributed by atoms with Crippen LogP contribution in [0.3, 0.4) is 0 Å². The summed E-state index contributed by atoms with van der Waals surface area (Å²) in [6, 6.07) is 10.3. The van der Waals surface area contributed by atoms with Gasteiger partial charge in [-0.25, -0.2) is 0 Å². The summed E-state index contributed by atoms with van der Waals surface area (Å²) in [6.07, 6.45) is 3.13. The van der Waals surface area contributed by atoms with Crippen LogP contribution in [0.15, 0.2) is 53.3 Å². The molecule has 0 saturated heterocycles. The topological polar surface area (TPSA) is 68.3 Å². The van der Waals surface area contributed by atoms with Gasteiger partial charge in [-0.3, -0.25) is 14.6 Å². The standard InChI is InChI=1S/C16H15BrN2O3/c1-22-15(20)9-14(11-4-2-6-13(17)8-11)19-16(21)12-5-3-7-18-10-12/h2-8,10,14H,9H2,1H3,(H,19,21). The molecule has 6 heteroatoms. The van der Waals surface area contributed by atoms with Crippen LogP contribution in [0, 0.1) is 0 Å². The monoisotopic (exact) mass is 362 g/mol. The normalized spacial score (nSPS) is 11.5. The fraction of sp³-hybridized carbons (Fsp3) is 0.188. The van der Waals surface area contributed by atoms with Gasteiger partial charge in [0.25, 0.3) is 5.91 Å². The number of hydrogen-bond donors (Lipinski definition) is 1. The average Bonchev–Trinajstić information content (AvgIpc) is 2.54. The number of amides is 1. The third kappa shape index (κ3) is 4.39. The third-order valence-corrected chi connectivity index (χ3v) is 3.57. The van der Waals surface area contributed by atoms with Crippen molar-refractivity contribution >= 4 is 27.8 Å². The first-order valence-electron chi connectivity index (χ1n) is 6.63. The van der Waals surface area contributed by atoms with Gasteiger partial charge in [0.1, 0.15) is 0 Å². The quantitative estimate of drug-likeness (QED) is 0.830. The van der Waals surface area contributed by atoms with Crippen molar-refractivity contribution < 1.29 is 14.3 Å². The number of pyridine rings is 1. The molecule has 0 spiro atoms. The molecule has 0 fully saturated rings. The Morgan fingerprint density at radius 3 is 2.77 bits per heavy atom. The van der Waals surface area contributed by atoms with Crippen molar-refractivity contribution in [3.05, 3.63) is 64.4 Å². The summed E-state index contributed by atoms with van der Waals surface area (Å²) in [5.74, 6) is -0.682. The molecule has 0 bridgehead atoms. The van der Waals surface area contributed by atoms with E-state index < -0.39 is 12.0 Å². The Morgan fingerprint density at radius 2 is 2.14 bits per heavy atom. The van der Waals surface area contributed by atoms with Crippen LogP contribution in [0.5, 0.6) is 0 Å². The predicted molar refractivity (Wildman–Crippen MR) is 85.2 cm³/mol. The van der Waals surface area contributed by atoms with Crippen molar-refractivity contribution in [2.75, 3.05) is 7.11 Å². The van der Waals surface area contributed by atoms with Crippen LogP contribution in [-0.4, -0.2) is 24.0 Å². The molecule has 1 N–H and O–H groups in total. The molecule has 1 unspecified atom stereocenters. The number of nitrogens with one attached hydrogen (secondary N) is 1. The lowest BCUT2D eigenvalue weighted by Gasteiger charge is -2.18. The van der Waals surface area contributed by atoms with Gasteiger partial charge in [0.15, 0.2) is 0 Å². The van der Waals surface area contributed by atoms with E-state index in [2.05, 4.69) is 26.2 Å². The first-order valence-corrected chi connectivity index (χ1v) is 7.42. The second-order valence-electron chi connectivity index (χ2n) is 4.60. The zero-order valence-electron chi connectivity index (χ0n) is 12.0. The van der Waals surface area contributed by atoms with Gasteiger partial charge in [-0.1, -0.05) is 28.1 Å². The number of nitrogens with zero attached hydrogens (tertiary/aromatic N) is 1. The van der Waals surface area contributed by atoms with Crippen molar-refractivity contribution in [3.63, 3.8) is 0 Å². The van der Waals surface area contributed by atoms with Crippen LogP contribution >= 0.6 is 15.9 Å². The molecule has 0 saturated carbocycles. The molecule has 0 radical (unpaired) electrons. The van der Waals surface area contributed by atoms with Crippen LogP contribution in [0.4, 0.5) is 0 Å². The number of rotatable bonds is 5. The number of ether oxygens (including phenoxy) is 1. The molecule has 5 nitrogen and oxygen atoms in total. The Morgan fingerprint density at radius 1 is 1.32 bits per heavy atom. The van der Waals surface area contributed by atoms with Crippen LogP contribution in [-0.2, 0) is 9.53 Å². The highest BCUT2D eigenvalue weighted by molar-refractivity contribution is 9.10. The van der Waals surface area contributed by atoms with Gasteiger partial charge in [0.05, 0.1) is 25.1 Å². The number of carbonyl (C=O) groups excluding carboxylic acids is 2. The Bertz CT molecular complexity index is 661. The SMILES string of the molecule is COC(=O)CC(NC(=O)c1cccnc1)c1cccc(Br)c1. The lowest BCUT2D eigenvalue weighted by molar-refractivity contribution is -0.141. The summed E-state index contributed by atoms with van der Waals surface area (Å²) in [7, 11) is 1.32. The van der Waals surface area contributed by atoms with Crippen LogP contribution in [0.2, 0.25) is 0 Å². The van der Waals surface area contributed by atoms with Gasteiger partial charge in [-0.15, -0.1) is 0 Å². The Hall–Kier alpha value is -2.21. The molecule has 1 atom stereocenters. The molecular weight excluding hydrogens is 348 g/mol. The number of carbonyl (C=O) groups is 2. The van der Waals surface area contributed by atoms with Crippen molar-refractivity contribution in [2.45, 2.75) is 12.5 Å². The van der Waals surface area contributed by atoms with E-state index >= 15 is 0 Å². The van der Waals surface area contributed by atoms with Crippen molar-refractivity contribution in [3.8, 4) is 0 Å². The first-order chi connectivity index (χ1) is 10.6. The summed E-state index contributed by atoms with van der Waals surface area (Å²) in [5.41, 5.74) is 1.25. The zero-order valence-corrected chi connectivity index (χ0v) is 13.5. The number of methoxy groups -OCH3 is 1. The minimum atomic E-state index is -0.474. The van der Waals surface area contributed by atoms with Crippen molar-refractivity contribution in [2.24, 2.45) is 0 Å². The molecule has 1 aromatic carbocycles. The van der Waals surface area contributed by atoms with E-state index in [0.717, 1.165) is 10.0 Å². The Kier molecular flexibility index (Phi) is 5.66. The highest BCUT2D eigenvalue weighted by Crippen LogP contribution is 2.21. The summed E-state index contributed by atoms with van der Waals surface area (Å²) in [4.78, 5) is 27.8. The van der Waals surface area contributed by atoms with Gasteiger partial charge in [-0.2, -0.15) is 0 Å². The summed E-state index contributed by atoms with van der Waals surface area (Å²) in [5, 5.41) is 2.84. The van der Waals surface area contributed by atoms with Gasteiger partial charge < -0.3 is 10.1 Å². The Balaban J connectivity index is 2.21. The molecule has 0 aliphatic heterocycles. The molecule has 0 aliphatic rings. The molecule has 1 aromatic heterocycles. The van der Waals surface area contributed by atoms with Crippen LogP contribution < -0.4 is 5.32 Å². The average molecular weight is 363 g/mol. The lowest BCUT2D eigenvalue weighted by atomic mass is 10.0. The van der Waals surface area contributed by atoms with Gasteiger partial charge in [0, 0.05) is 16.9 Å². The Labute approximate surface area is 136 Å². The van der Waals surface area contributed by atoms with E-state index in [1.54, 1.807) is 18.3 Å². The summed E-state index contributed by atoms with van der Waals surface area (Å²) >= 11 is 3.39. The number of esters is 1. The second kappa shape index (κ2) is 7.70. The van der Waals surface area contributed by atoms with Crippen molar-refractivity contribution in [1.29, 1.82) is 0 Å². The molecule has 0 aliphatic carbocycles. The highest BCUT2D eigenvalue weighted by atomic mass is 79.9. The fourth-order valence-corrected chi connectivity index (χ4v) is 2.38. The smallest absolute Gasteiger partial charge is 0.307 e. The highest BCUT2D eigenvalue weighted by Gasteiger charge is 2.20. The number of aromatic nitrogens is 1. The predicted octanol–water partition coefficient (Wildman–Crippen LogP) is 2.88. The minimum Gasteiger partial charge on any atom is -0.469 e. The van der Waals surface area contributed by atoms with Crippen LogP contribution in [0.25, 0.3) is 0 Å². The third-order valence-electron chi connectivity index (χ3n) is 3.08. The van der Waals surface area contributed by atoms with Crippen LogP contribution in [0.1, 0.15) is 28.4 Å². The first kappa shape index (κ1) is 16.2. The summed E-state index contributed by atoms with van der Waals surface area (Å²) < 4.78 is 5.58. The maximum atomic E-state index is 12.3. The largest absolute Gasteiger partial charge is 0.469 e. The van der Waals surface area contributed by atoms with Gasteiger partial charge >= 0.3 is 5.97 Å². The van der Waals surface area contributed by atoms with E-state index in [0.29, 0.717) is 5.56 Å². The molecule has 1 amide bonds. The number of benzene rings is 1. The number of halogens is 1. The minimum absolute atomic E-state index is 0.0545. The van der Waals surface area contributed by atoms with E-state index in [-0.39, 0.29) is 12.3 Å². The lowest BCUT2D eigenvalue weighted by Crippen LogP contribution is -2.30. The molecular formula is C16H15BrN2O3. The van der Waals surface area contributed by atoms with E-state index in [9.17, 15) is 9.59 Å². The molecule has 114 valence electrons. The zero-order chi connectivity index (χ0) is 15.9. The molecule has 1 heterocycles. The van der Waals surface area contributed by atoms with E-state index in [4.69, 9.17) is 4.74 Å². The molecule has 2 aromatic rings. The fourth-order valence-electron chi connectivity index (χ4n) is 1.96. The van der Waals surface area contributed by atoms with Crippen molar-refractivity contribution in [1.82, 2.24) is 10.3 Å². The molecule has 22 heavy (non-hydrogen) atoms.